The first-order valence-corrected chi connectivity index (χ1v) is 10.4. The molecule has 0 saturated carbocycles. The van der Waals surface area contributed by atoms with E-state index in [1.165, 1.54) is 24.0 Å². The zero-order valence-electron chi connectivity index (χ0n) is 17.4. The predicted octanol–water partition coefficient (Wildman–Crippen LogP) is 4.12. The van der Waals surface area contributed by atoms with Crippen molar-refractivity contribution in [2.24, 2.45) is 0 Å². The fourth-order valence-electron chi connectivity index (χ4n) is 4.11. The minimum Gasteiger partial charge on any atom is -0.350 e. The Hall–Kier alpha value is -2.79. The van der Waals surface area contributed by atoms with E-state index in [2.05, 4.69) is 51.4 Å². The van der Waals surface area contributed by atoms with Crippen molar-refractivity contribution in [2.45, 2.75) is 39.7 Å². The fraction of sp³-hybridized carbons (Fsp3) is 0.375. The van der Waals surface area contributed by atoms with Gasteiger partial charge in [-0.15, -0.1) is 0 Å². The lowest BCUT2D eigenvalue weighted by atomic mass is 10.00. The summed E-state index contributed by atoms with van der Waals surface area (Å²) in [7, 11) is 0. The molecule has 1 aliphatic heterocycles. The number of hydrogen-bond donors (Lipinski definition) is 1. The molecular weight excluding hydrogens is 360 g/mol. The van der Waals surface area contributed by atoms with Gasteiger partial charge in [0.25, 0.3) is 5.91 Å². The maximum absolute atomic E-state index is 12.9. The molecule has 0 radical (unpaired) electrons. The smallest absolute Gasteiger partial charge is 0.251 e. The SMILES string of the molecule is Cc1ccccc1C(CNC(=O)c1ccc2nc(C)c(C)nc2c1)N1CCCC1. The summed E-state index contributed by atoms with van der Waals surface area (Å²) in [6.45, 7) is 8.80. The van der Waals surface area contributed by atoms with E-state index in [9.17, 15) is 4.79 Å². The van der Waals surface area contributed by atoms with Crippen LogP contribution in [-0.4, -0.2) is 40.4 Å². The second-order valence-corrected chi connectivity index (χ2v) is 7.92. The molecule has 29 heavy (non-hydrogen) atoms. The van der Waals surface area contributed by atoms with Gasteiger partial charge in [0.05, 0.1) is 28.5 Å². The first-order chi connectivity index (χ1) is 14.0. The lowest BCUT2D eigenvalue weighted by Crippen LogP contribution is -2.37. The maximum atomic E-state index is 12.9. The Kier molecular flexibility index (Phi) is 5.58. The highest BCUT2D eigenvalue weighted by Gasteiger charge is 2.25. The molecule has 1 fully saturated rings. The fourth-order valence-corrected chi connectivity index (χ4v) is 4.11. The Morgan fingerprint density at radius 2 is 1.69 bits per heavy atom. The van der Waals surface area contributed by atoms with Crippen molar-refractivity contribution in [3.8, 4) is 0 Å². The normalized spacial score (nSPS) is 15.6. The molecule has 1 N–H and O–H groups in total. The first-order valence-electron chi connectivity index (χ1n) is 10.4. The number of benzene rings is 2. The topological polar surface area (TPSA) is 58.1 Å². The summed E-state index contributed by atoms with van der Waals surface area (Å²) >= 11 is 0. The molecule has 150 valence electrons. The number of rotatable bonds is 5. The van der Waals surface area contributed by atoms with Crippen LogP contribution in [0.15, 0.2) is 42.5 Å². The number of aromatic nitrogens is 2. The summed E-state index contributed by atoms with van der Waals surface area (Å²) in [5.74, 6) is -0.0651. The van der Waals surface area contributed by atoms with Gasteiger partial charge in [0.15, 0.2) is 0 Å². The van der Waals surface area contributed by atoms with Crippen LogP contribution >= 0.6 is 0 Å². The molecule has 1 aliphatic rings. The van der Waals surface area contributed by atoms with Crippen LogP contribution in [0.5, 0.6) is 0 Å². The quantitative estimate of drug-likeness (QED) is 0.714. The Bertz CT molecular complexity index is 1040. The third kappa shape index (κ3) is 4.15. The molecule has 0 aliphatic carbocycles. The standard InChI is InChI=1S/C24H28N4O/c1-16-8-4-5-9-20(16)23(28-12-6-7-13-28)15-25-24(29)19-10-11-21-22(14-19)27-18(3)17(2)26-21/h4-5,8-11,14,23H,6-7,12-13,15H2,1-3H3,(H,25,29). The van der Waals surface area contributed by atoms with Crippen LogP contribution in [0.2, 0.25) is 0 Å². The van der Waals surface area contributed by atoms with Gasteiger partial charge in [0, 0.05) is 12.1 Å². The van der Waals surface area contributed by atoms with Gasteiger partial charge in [0.2, 0.25) is 0 Å². The summed E-state index contributed by atoms with van der Waals surface area (Å²) in [6, 6.07) is 14.2. The predicted molar refractivity (Wildman–Crippen MR) is 116 cm³/mol. The van der Waals surface area contributed by atoms with Crippen molar-refractivity contribution in [2.75, 3.05) is 19.6 Å². The highest BCUT2D eigenvalue weighted by molar-refractivity contribution is 5.97. The summed E-state index contributed by atoms with van der Waals surface area (Å²) in [5, 5.41) is 3.16. The van der Waals surface area contributed by atoms with Crippen LogP contribution in [0, 0.1) is 20.8 Å². The van der Waals surface area contributed by atoms with Gasteiger partial charge in [-0.1, -0.05) is 24.3 Å². The number of carbonyl (C=O) groups is 1. The molecule has 2 heterocycles. The summed E-state index contributed by atoms with van der Waals surface area (Å²) in [5.41, 5.74) is 6.58. The van der Waals surface area contributed by atoms with Crippen molar-refractivity contribution in [1.82, 2.24) is 20.2 Å². The van der Waals surface area contributed by atoms with Gasteiger partial charge in [0.1, 0.15) is 0 Å². The van der Waals surface area contributed by atoms with Gasteiger partial charge in [-0.2, -0.15) is 0 Å². The van der Waals surface area contributed by atoms with Gasteiger partial charge in [-0.3, -0.25) is 9.69 Å². The molecule has 2 aromatic carbocycles. The molecule has 1 saturated heterocycles. The van der Waals surface area contributed by atoms with Gasteiger partial charge in [-0.05, 0) is 76.0 Å². The monoisotopic (exact) mass is 388 g/mol. The lowest BCUT2D eigenvalue weighted by molar-refractivity contribution is 0.0938. The van der Waals surface area contributed by atoms with E-state index < -0.39 is 0 Å². The number of aryl methyl sites for hydroxylation is 3. The van der Waals surface area contributed by atoms with Gasteiger partial charge < -0.3 is 5.32 Å². The van der Waals surface area contributed by atoms with E-state index in [1.807, 2.05) is 32.0 Å². The minimum absolute atomic E-state index is 0.0651. The highest BCUT2D eigenvalue weighted by Crippen LogP contribution is 2.27. The molecule has 0 spiro atoms. The lowest BCUT2D eigenvalue weighted by Gasteiger charge is -2.29. The summed E-state index contributed by atoms with van der Waals surface area (Å²) in [4.78, 5) is 24.5. The van der Waals surface area contributed by atoms with Crippen LogP contribution in [-0.2, 0) is 0 Å². The van der Waals surface area contributed by atoms with Crippen molar-refractivity contribution in [1.29, 1.82) is 0 Å². The van der Waals surface area contributed by atoms with Crippen LogP contribution in [0.4, 0.5) is 0 Å². The molecule has 5 heteroatoms. The third-order valence-electron chi connectivity index (χ3n) is 5.92. The zero-order chi connectivity index (χ0) is 20.4. The van der Waals surface area contributed by atoms with Crippen LogP contribution in [0.1, 0.15) is 51.8 Å². The molecule has 0 bridgehead atoms. The number of amides is 1. The van der Waals surface area contributed by atoms with E-state index in [-0.39, 0.29) is 11.9 Å². The van der Waals surface area contributed by atoms with Crippen molar-refractivity contribution in [3.05, 3.63) is 70.5 Å². The summed E-state index contributed by atoms with van der Waals surface area (Å²) in [6.07, 6.45) is 2.44. The third-order valence-corrected chi connectivity index (χ3v) is 5.92. The number of nitrogens with zero attached hydrogens (tertiary/aromatic N) is 3. The van der Waals surface area contributed by atoms with Crippen LogP contribution in [0.25, 0.3) is 11.0 Å². The molecule has 3 aromatic rings. The Labute approximate surface area is 172 Å². The largest absolute Gasteiger partial charge is 0.350 e. The number of carbonyl (C=O) groups excluding carboxylic acids is 1. The molecular formula is C24H28N4O. The van der Waals surface area contributed by atoms with E-state index >= 15 is 0 Å². The Morgan fingerprint density at radius 3 is 2.41 bits per heavy atom. The molecule has 1 atom stereocenters. The first kappa shape index (κ1) is 19.5. The Morgan fingerprint density at radius 1 is 1.00 bits per heavy atom. The molecule has 1 aromatic heterocycles. The minimum atomic E-state index is -0.0651. The second-order valence-electron chi connectivity index (χ2n) is 7.92. The van der Waals surface area contributed by atoms with E-state index in [4.69, 9.17) is 0 Å². The van der Waals surface area contributed by atoms with Crippen molar-refractivity contribution in [3.63, 3.8) is 0 Å². The molecule has 5 nitrogen and oxygen atoms in total. The Balaban J connectivity index is 1.54. The second kappa shape index (κ2) is 8.29. The number of hydrogen-bond acceptors (Lipinski definition) is 4. The van der Waals surface area contributed by atoms with Crippen molar-refractivity contribution < 1.29 is 4.79 Å². The van der Waals surface area contributed by atoms with Crippen LogP contribution < -0.4 is 5.32 Å². The summed E-state index contributed by atoms with van der Waals surface area (Å²) < 4.78 is 0. The molecule has 4 rings (SSSR count). The number of fused-ring (bicyclic) bond motifs is 1. The van der Waals surface area contributed by atoms with E-state index in [0.29, 0.717) is 12.1 Å². The average Bonchev–Trinajstić information content (AvgIpc) is 3.24. The van der Waals surface area contributed by atoms with Crippen molar-refractivity contribution >= 4 is 16.9 Å². The molecule has 1 unspecified atom stereocenters. The highest BCUT2D eigenvalue weighted by atomic mass is 16.1. The molecule has 1 amide bonds. The number of nitrogens with one attached hydrogen (secondary N) is 1. The van der Waals surface area contributed by atoms with E-state index in [1.54, 1.807) is 0 Å². The van der Waals surface area contributed by atoms with Gasteiger partial charge >= 0.3 is 0 Å². The zero-order valence-corrected chi connectivity index (χ0v) is 17.4. The average molecular weight is 389 g/mol. The van der Waals surface area contributed by atoms with Crippen LogP contribution in [0.3, 0.4) is 0 Å². The van der Waals surface area contributed by atoms with Gasteiger partial charge in [-0.25, -0.2) is 9.97 Å². The maximum Gasteiger partial charge on any atom is 0.251 e. The van der Waals surface area contributed by atoms with E-state index in [0.717, 1.165) is 35.5 Å². The number of likely N-dealkylation sites (tertiary alicyclic amines) is 1.